The lowest BCUT2D eigenvalue weighted by Crippen LogP contribution is -2.40. The Bertz CT molecular complexity index is 914. The third-order valence-corrected chi connectivity index (χ3v) is 5.50. The van der Waals surface area contributed by atoms with Crippen molar-refractivity contribution in [2.45, 2.75) is 44.7 Å². The number of aryl methyl sites for hydroxylation is 1. The quantitative estimate of drug-likeness (QED) is 0.135. The second kappa shape index (κ2) is 9.53. The van der Waals surface area contributed by atoms with Crippen molar-refractivity contribution in [2.24, 2.45) is 5.11 Å². The molecule has 156 valence electrons. The molecule has 1 fully saturated rings. The van der Waals surface area contributed by atoms with Gasteiger partial charge in [0.2, 0.25) is 0 Å². The van der Waals surface area contributed by atoms with Crippen LogP contribution in [0.25, 0.3) is 10.4 Å². The van der Waals surface area contributed by atoms with Crippen LogP contribution >= 0.6 is 7.75 Å². The topological polar surface area (TPSA) is 183 Å². The van der Waals surface area contributed by atoms with E-state index in [1.54, 1.807) is 0 Å². The summed E-state index contributed by atoms with van der Waals surface area (Å²) in [5.74, 6) is -0.684. The molecule has 2 heterocycles. The molecule has 29 heavy (non-hydrogen) atoms. The Hall–Kier alpha value is -2.21. The number of methoxy groups -OCH3 is 1. The molecule has 13 nitrogen and oxygen atoms in total. The van der Waals surface area contributed by atoms with Gasteiger partial charge in [-0.15, -0.1) is 0 Å². The van der Waals surface area contributed by atoms with E-state index >= 15 is 0 Å². The molecule has 1 saturated heterocycles. The van der Waals surface area contributed by atoms with Crippen LogP contribution < -0.4 is 21.2 Å². The molecular weight excluding hydrogens is 406 g/mol. The van der Waals surface area contributed by atoms with Gasteiger partial charge in [0.15, 0.2) is 0 Å². The van der Waals surface area contributed by atoms with Crippen LogP contribution in [0, 0.1) is 6.92 Å². The summed E-state index contributed by atoms with van der Waals surface area (Å²) in [6, 6.07) is -1.73. The zero-order valence-corrected chi connectivity index (χ0v) is 16.9. The van der Waals surface area contributed by atoms with Gasteiger partial charge in [0.25, 0.3) is 5.56 Å². The largest absolute Gasteiger partial charge is 0.656 e. The number of hydrogen-bond acceptors (Lipinski definition) is 9. The molecule has 0 spiro atoms. The monoisotopic (exact) mass is 426 g/mol. The Balaban J connectivity index is 2.11. The zero-order chi connectivity index (χ0) is 21.8. The standard InChI is InChI=1S/C14H20BN6O7P/c1-7-5-21(14(24)17-12(7)22)11-4-9(18-20-16)10(28-11)6-27-29(15,25)19-8(2)13(23)26-3/h5,8-11H,4,6H2,1-3H3,(H,19,25)(H,17,22,24)/t8-,9-,10+,11+,29?/m0/s1. The fraction of sp³-hybridized carbons (Fsp3) is 0.643. The first-order valence-corrected chi connectivity index (χ1v) is 10.2. The highest BCUT2D eigenvalue weighted by Gasteiger charge is 2.39. The molecule has 0 amide bonds. The Morgan fingerprint density at radius 1 is 1.66 bits per heavy atom. The average Bonchev–Trinajstić information content (AvgIpc) is 3.05. The molecule has 1 aromatic heterocycles. The number of carbonyl (C=O) groups excluding carboxylic acids is 1. The first kappa shape index (κ1) is 23.1. The molecule has 0 saturated carbocycles. The lowest BCUT2D eigenvalue weighted by molar-refractivity contribution is -0.193. The first-order chi connectivity index (χ1) is 13.6. The predicted molar refractivity (Wildman–Crippen MR) is 101 cm³/mol. The highest BCUT2D eigenvalue weighted by molar-refractivity contribution is 7.86. The van der Waals surface area contributed by atoms with Gasteiger partial charge in [0, 0.05) is 23.1 Å². The van der Waals surface area contributed by atoms with Gasteiger partial charge in [-0.1, -0.05) is 5.11 Å². The van der Waals surface area contributed by atoms with Crippen LogP contribution in [-0.2, 0) is 18.8 Å². The number of rotatable bonds is 8. The van der Waals surface area contributed by atoms with Gasteiger partial charge in [0.05, 0.1) is 19.3 Å². The van der Waals surface area contributed by atoms with Gasteiger partial charge in [-0.05, 0) is 19.4 Å². The lowest BCUT2D eigenvalue weighted by atomic mass is 10.1. The maximum atomic E-state index is 12.3. The van der Waals surface area contributed by atoms with Crippen LogP contribution in [0.3, 0.4) is 0 Å². The number of ether oxygens (including phenoxy) is 2. The summed E-state index contributed by atoms with van der Waals surface area (Å²) >= 11 is 0. The number of aromatic nitrogens is 2. The van der Waals surface area contributed by atoms with Crippen molar-refractivity contribution in [1.29, 1.82) is 0 Å². The van der Waals surface area contributed by atoms with E-state index in [9.17, 15) is 19.3 Å². The Kier molecular flexibility index (Phi) is 7.58. The minimum atomic E-state index is -3.91. The highest BCUT2D eigenvalue weighted by atomic mass is 31.2. The zero-order valence-electron chi connectivity index (χ0n) is 16.0. The van der Waals surface area contributed by atoms with Crippen molar-refractivity contribution < 1.29 is 23.7 Å². The fourth-order valence-corrected chi connectivity index (χ4v) is 3.83. The molecule has 0 aromatic carbocycles. The molecule has 1 aliphatic rings. The van der Waals surface area contributed by atoms with Gasteiger partial charge in [-0.2, -0.15) is 5.09 Å². The molecule has 2 radical (unpaired) electrons. The molecule has 5 atom stereocenters. The van der Waals surface area contributed by atoms with E-state index in [2.05, 4.69) is 24.8 Å². The van der Waals surface area contributed by atoms with Crippen molar-refractivity contribution in [1.82, 2.24) is 14.6 Å². The maximum absolute atomic E-state index is 12.3. The van der Waals surface area contributed by atoms with E-state index in [1.165, 1.54) is 27.2 Å². The smallest absolute Gasteiger partial charge is 0.419 e. The number of nitrogens with one attached hydrogen (secondary N) is 2. The number of azide groups is 1. The maximum Gasteiger partial charge on any atom is 0.419 e. The molecule has 0 bridgehead atoms. The molecule has 2 rings (SSSR count). The SMILES string of the molecule is [B][P+]([O-])(N[C@@H](C)C(=O)OC)OC[C@H]1O[C@@H](n2cc(C)c(=O)[nH]c2=O)C[C@@H]1N=[N+]=[N-]. The Labute approximate surface area is 166 Å². The minimum absolute atomic E-state index is 0.115. The van der Waals surface area contributed by atoms with E-state index in [0.717, 1.165) is 4.57 Å². The summed E-state index contributed by atoms with van der Waals surface area (Å²) < 4.78 is 16.6. The summed E-state index contributed by atoms with van der Waals surface area (Å²) in [4.78, 5) is 52.2. The van der Waals surface area contributed by atoms with Crippen molar-refractivity contribution >= 4 is 21.3 Å². The van der Waals surface area contributed by atoms with E-state index in [1.807, 2.05) is 0 Å². The van der Waals surface area contributed by atoms with Gasteiger partial charge < -0.3 is 14.4 Å². The van der Waals surface area contributed by atoms with E-state index in [4.69, 9.17) is 22.4 Å². The number of carbonyl (C=O) groups is 1. The van der Waals surface area contributed by atoms with Crippen LogP contribution in [0.5, 0.6) is 0 Å². The van der Waals surface area contributed by atoms with Gasteiger partial charge in [-0.3, -0.25) is 19.1 Å². The molecular formula is C14H20BN6O7P. The minimum Gasteiger partial charge on any atom is -0.656 e. The number of nitrogens with zero attached hydrogens (tertiary/aromatic N) is 4. The van der Waals surface area contributed by atoms with Gasteiger partial charge in [-0.25, -0.2) is 9.32 Å². The van der Waals surface area contributed by atoms with Crippen LogP contribution in [0.4, 0.5) is 0 Å². The third-order valence-electron chi connectivity index (χ3n) is 4.22. The number of H-pyrrole nitrogens is 1. The predicted octanol–water partition coefficient (Wildman–Crippen LogP) is -0.814. The Morgan fingerprint density at radius 2 is 2.34 bits per heavy atom. The summed E-state index contributed by atoms with van der Waals surface area (Å²) in [6.07, 6.45) is -0.275. The normalized spacial score (nSPS) is 24.3. The van der Waals surface area contributed by atoms with Crippen LogP contribution in [0.15, 0.2) is 20.9 Å². The Morgan fingerprint density at radius 3 is 2.97 bits per heavy atom. The van der Waals surface area contributed by atoms with Crippen molar-refractivity contribution in [3.8, 4) is 0 Å². The van der Waals surface area contributed by atoms with Gasteiger partial charge >= 0.3 is 19.2 Å². The van der Waals surface area contributed by atoms with Crippen molar-refractivity contribution in [2.75, 3.05) is 13.7 Å². The molecule has 2 N–H and O–H groups in total. The molecule has 15 heteroatoms. The first-order valence-electron chi connectivity index (χ1n) is 8.48. The van der Waals surface area contributed by atoms with Crippen molar-refractivity contribution in [3.05, 3.63) is 43.0 Å². The summed E-state index contributed by atoms with van der Waals surface area (Å²) in [7, 11) is 2.83. The molecule has 1 aliphatic heterocycles. The van der Waals surface area contributed by atoms with E-state index in [-0.39, 0.29) is 13.0 Å². The number of esters is 1. The molecule has 1 aromatic rings. The summed E-state index contributed by atoms with van der Waals surface area (Å²) in [5, 5.41) is 5.94. The molecule has 0 aliphatic carbocycles. The second-order valence-corrected chi connectivity index (χ2v) is 8.09. The lowest BCUT2D eigenvalue weighted by Gasteiger charge is -2.30. The van der Waals surface area contributed by atoms with Crippen LogP contribution in [0.2, 0.25) is 0 Å². The third kappa shape index (κ3) is 5.89. The van der Waals surface area contributed by atoms with Crippen LogP contribution in [0.1, 0.15) is 25.1 Å². The van der Waals surface area contributed by atoms with E-state index in [0.29, 0.717) is 5.56 Å². The number of hydrogen-bond donors (Lipinski definition) is 2. The summed E-state index contributed by atoms with van der Waals surface area (Å²) in [5.41, 5.74) is 7.85. The number of aromatic amines is 1. The fourth-order valence-electron chi connectivity index (χ4n) is 2.74. The van der Waals surface area contributed by atoms with Crippen molar-refractivity contribution in [3.63, 3.8) is 0 Å². The molecule has 1 unspecified atom stereocenters. The highest BCUT2D eigenvalue weighted by Crippen LogP contribution is 2.43. The van der Waals surface area contributed by atoms with Gasteiger partial charge in [0.1, 0.15) is 26.6 Å². The average molecular weight is 426 g/mol. The van der Waals surface area contributed by atoms with E-state index < -0.39 is 49.4 Å². The summed E-state index contributed by atoms with van der Waals surface area (Å²) in [6.45, 7) is 2.57. The second-order valence-electron chi connectivity index (χ2n) is 6.38. The van der Waals surface area contributed by atoms with Crippen LogP contribution in [-0.4, -0.2) is 55.0 Å².